The number of rotatable bonds is 6. The summed E-state index contributed by atoms with van der Waals surface area (Å²) in [6, 6.07) is 0. The van der Waals surface area contributed by atoms with Crippen LogP contribution in [-0.2, 0) is 19.1 Å². The van der Waals surface area contributed by atoms with E-state index in [0.717, 1.165) is 31.9 Å². The summed E-state index contributed by atoms with van der Waals surface area (Å²) >= 11 is 0. The summed E-state index contributed by atoms with van der Waals surface area (Å²) in [6.07, 6.45) is 5.98. The van der Waals surface area contributed by atoms with Crippen LogP contribution in [0.4, 0.5) is 0 Å². The number of aliphatic hydroxyl groups excluding tert-OH is 2. The molecule has 11 unspecified atom stereocenters. The van der Waals surface area contributed by atoms with Crippen molar-refractivity contribution in [2.45, 2.75) is 96.9 Å². The summed E-state index contributed by atoms with van der Waals surface area (Å²) in [5, 5.41) is 32.9. The Labute approximate surface area is 198 Å². The van der Waals surface area contributed by atoms with E-state index in [9.17, 15) is 28.5 Å². The summed E-state index contributed by atoms with van der Waals surface area (Å²) in [5.41, 5.74) is -0.586. The van der Waals surface area contributed by atoms with Crippen LogP contribution in [0.1, 0.15) is 78.6 Å². The van der Waals surface area contributed by atoms with Gasteiger partial charge in [0.25, 0.3) is 10.1 Å². The molecule has 0 radical (unpaired) electrons. The zero-order valence-electron chi connectivity index (χ0n) is 20.4. The van der Waals surface area contributed by atoms with Gasteiger partial charge < -0.3 is 15.3 Å². The second kappa shape index (κ2) is 8.75. The molecule has 0 saturated heterocycles. The molecule has 0 aromatic carbocycles. The molecular formula is C25H42O7S. The van der Waals surface area contributed by atoms with E-state index in [0.29, 0.717) is 32.1 Å². The molecule has 0 bridgehead atoms. The lowest BCUT2D eigenvalue weighted by Gasteiger charge is -2.63. The molecule has 0 aromatic rings. The van der Waals surface area contributed by atoms with Crippen molar-refractivity contribution < 1.29 is 32.7 Å². The maximum atomic E-state index is 12.1. The predicted octanol–water partition coefficient (Wildman–Crippen LogP) is 3.43. The Kier molecular flexibility index (Phi) is 6.74. The van der Waals surface area contributed by atoms with Crippen LogP contribution < -0.4 is 0 Å². The minimum atomic E-state index is -3.52. The largest absolute Gasteiger partial charge is 0.481 e. The lowest BCUT2D eigenvalue weighted by atomic mass is 9.43. The highest BCUT2D eigenvalue weighted by Crippen LogP contribution is 2.68. The van der Waals surface area contributed by atoms with Crippen molar-refractivity contribution in [2.75, 3.05) is 6.26 Å². The van der Waals surface area contributed by atoms with Crippen molar-refractivity contribution in [1.29, 1.82) is 0 Å². The van der Waals surface area contributed by atoms with Gasteiger partial charge in [-0.2, -0.15) is 8.42 Å². The van der Waals surface area contributed by atoms with E-state index in [1.54, 1.807) is 0 Å². The summed E-state index contributed by atoms with van der Waals surface area (Å²) in [5.74, 6) is -0.850. The standard InChI is InChI=1S/C25H42O7S/c1-5-6-16(23(28)29)17-7-8-18-22-19(13-21(27)25(17,18)3)24(2)10-9-15(32-33(4,30)31)11-14(24)12-20(22)26/h14-22,26-27H,5-13H2,1-4H3,(H,28,29). The third kappa shape index (κ3) is 4.17. The smallest absolute Gasteiger partial charge is 0.306 e. The lowest BCUT2D eigenvalue weighted by molar-refractivity contribution is -0.207. The van der Waals surface area contributed by atoms with Crippen molar-refractivity contribution in [3.05, 3.63) is 0 Å². The van der Waals surface area contributed by atoms with Crippen LogP contribution in [-0.4, -0.2) is 54.3 Å². The molecule has 4 saturated carbocycles. The minimum absolute atomic E-state index is 0.0492. The number of carbonyl (C=O) groups is 1. The molecule has 0 aromatic heterocycles. The van der Waals surface area contributed by atoms with Crippen molar-refractivity contribution in [1.82, 2.24) is 0 Å². The van der Waals surface area contributed by atoms with Crippen LogP contribution in [0, 0.1) is 46.3 Å². The summed E-state index contributed by atoms with van der Waals surface area (Å²) in [7, 11) is -3.52. The Balaban J connectivity index is 1.61. The number of hydrogen-bond donors (Lipinski definition) is 3. The van der Waals surface area contributed by atoms with Crippen LogP contribution in [0.5, 0.6) is 0 Å². The van der Waals surface area contributed by atoms with Gasteiger partial charge in [0.1, 0.15) is 0 Å². The number of carboxylic acids is 1. The monoisotopic (exact) mass is 486 g/mol. The fourth-order valence-corrected chi connectivity index (χ4v) is 9.66. The van der Waals surface area contributed by atoms with E-state index in [1.165, 1.54) is 0 Å². The Morgan fingerprint density at radius 3 is 2.39 bits per heavy atom. The number of aliphatic hydroxyl groups is 2. The maximum Gasteiger partial charge on any atom is 0.306 e. The van der Waals surface area contributed by atoms with Gasteiger partial charge in [0.15, 0.2) is 0 Å². The zero-order valence-corrected chi connectivity index (χ0v) is 21.3. The number of hydrogen-bond acceptors (Lipinski definition) is 6. The normalized spacial score (nSPS) is 48.4. The van der Waals surface area contributed by atoms with Crippen LogP contribution in [0.15, 0.2) is 0 Å². The van der Waals surface area contributed by atoms with Crippen molar-refractivity contribution in [3.63, 3.8) is 0 Å². The van der Waals surface area contributed by atoms with E-state index < -0.39 is 39.6 Å². The van der Waals surface area contributed by atoms with E-state index in [4.69, 9.17) is 4.18 Å². The third-order valence-electron chi connectivity index (χ3n) is 10.5. The molecular weight excluding hydrogens is 444 g/mol. The first-order chi connectivity index (χ1) is 15.3. The average molecular weight is 487 g/mol. The fraction of sp³-hybridized carbons (Fsp3) is 0.960. The molecule has 4 aliphatic rings. The second-order valence-corrected chi connectivity index (χ2v) is 13.6. The molecule has 7 nitrogen and oxygen atoms in total. The van der Waals surface area contributed by atoms with Gasteiger partial charge >= 0.3 is 5.97 Å². The second-order valence-electron chi connectivity index (χ2n) is 12.0. The van der Waals surface area contributed by atoms with Crippen LogP contribution in [0.3, 0.4) is 0 Å². The summed E-state index contributed by atoms with van der Waals surface area (Å²) in [6.45, 7) is 6.35. The first-order valence-corrected chi connectivity index (χ1v) is 14.6. The number of fused-ring (bicyclic) bond motifs is 5. The van der Waals surface area contributed by atoms with E-state index in [2.05, 4.69) is 13.8 Å². The van der Waals surface area contributed by atoms with Crippen molar-refractivity contribution >= 4 is 16.1 Å². The van der Waals surface area contributed by atoms with Crippen LogP contribution >= 0.6 is 0 Å². The zero-order chi connectivity index (χ0) is 24.3. The topological polar surface area (TPSA) is 121 Å². The molecule has 190 valence electrons. The Hall–Kier alpha value is -0.700. The molecule has 0 amide bonds. The molecule has 8 heteroatoms. The quantitative estimate of drug-likeness (QED) is 0.492. The molecule has 4 aliphatic carbocycles. The summed E-state index contributed by atoms with van der Waals surface area (Å²) < 4.78 is 28.7. The highest BCUT2D eigenvalue weighted by molar-refractivity contribution is 7.86. The van der Waals surface area contributed by atoms with Gasteiger partial charge in [-0.05, 0) is 86.4 Å². The molecule has 0 heterocycles. The predicted molar refractivity (Wildman–Crippen MR) is 124 cm³/mol. The van der Waals surface area contributed by atoms with Gasteiger partial charge in [0.05, 0.1) is 30.5 Å². The van der Waals surface area contributed by atoms with Gasteiger partial charge in [-0.25, -0.2) is 0 Å². The Morgan fingerprint density at radius 2 is 1.79 bits per heavy atom. The highest BCUT2D eigenvalue weighted by Gasteiger charge is 2.66. The summed E-state index contributed by atoms with van der Waals surface area (Å²) in [4.78, 5) is 12.1. The minimum Gasteiger partial charge on any atom is -0.481 e. The van der Waals surface area contributed by atoms with Crippen LogP contribution in [0.2, 0.25) is 0 Å². The molecule has 11 atom stereocenters. The van der Waals surface area contributed by atoms with E-state index in [1.807, 2.05) is 6.92 Å². The Morgan fingerprint density at radius 1 is 1.09 bits per heavy atom. The molecule has 3 N–H and O–H groups in total. The first-order valence-electron chi connectivity index (χ1n) is 12.8. The lowest BCUT2D eigenvalue weighted by Crippen LogP contribution is -2.62. The van der Waals surface area contributed by atoms with Gasteiger partial charge in [0.2, 0.25) is 0 Å². The van der Waals surface area contributed by atoms with Gasteiger partial charge in [-0.3, -0.25) is 8.98 Å². The van der Waals surface area contributed by atoms with E-state index in [-0.39, 0.29) is 41.1 Å². The highest BCUT2D eigenvalue weighted by atomic mass is 32.2. The van der Waals surface area contributed by atoms with Crippen molar-refractivity contribution in [2.24, 2.45) is 46.3 Å². The maximum absolute atomic E-state index is 12.1. The number of aliphatic carboxylic acids is 1. The SMILES string of the molecule is CCCC(C(=O)O)C1CCC2C3C(O)CC4CC(OS(C)(=O)=O)CCC4(C)C3CC(O)C12C. The number of carboxylic acid groups (broad SMARTS) is 1. The average Bonchev–Trinajstić information content (AvgIpc) is 3.05. The molecule has 0 aliphatic heterocycles. The van der Waals surface area contributed by atoms with Gasteiger partial charge in [-0.15, -0.1) is 0 Å². The molecule has 33 heavy (non-hydrogen) atoms. The van der Waals surface area contributed by atoms with Crippen molar-refractivity contribution in [3.8, 4) is 0 Å². The third-order valence-corrected chi connectivity index (χ3v) is 11.1. The van der Waals surface area contributed by atoms with Gasteiger partial charge in [-0.1, -0.05) is 27.2 Å². The molecule has 4 fully saturated rings. The first kappa shape index (κ1) is 25.4. The fourth-order valence-electron chi connectivity index (χ4n) is 8.99. The molecule has 0 spiro atoms. The Bertz CT molecular complexity index is 859. The van der Waals surface area contributed by atoms with Gasteiger partial charge in [0, 0.05) is 5.41 Å². The van der Waals surface area contributed by atoms with Crippen LogP contribution in [0.25, 0.3) is 0 Å². The van der Waals surface area contributed by atoms with E-state index >= 15 is 0 Å². The molecule has 4 rings (SSSR count).